The number of fused-ring (bicyclic) bond motifs is 1. The van der Waals surface area contributed by atoms with Crippen molar-refractivity contribution in [2.45, 2.75) is 33.2 Å². The zero-order chi connectivity index (χ0) is 11.7. The summed E-state index contributed by atoms with van der Waals surface area (Å²) in [6, 6.07) is 6.53. The van der Waals surface area contributed by atoms with Crippen molar-refractivity contribution in [3.63, 3.8) is 0 Å². The summed E-state index contributed by atoms with van der Waals surface area (Å²) < 4.78 is 2.22. The minimum absolute atomic E-state index is 0.148. The fourth-order valence-electron chi connectivity index (χ4n) is 2.20. The van der Waals surface area contributed by atoms with Gasteiger partial charge in [0.1, 0.15) is 5.82 Å². The van der Waals surface area contributed by atoms with Crippen LogP contribution in [-0.4, -0.2) is 21.3 Å². The molecule has 0 aliphatic carbocycles. The van der Waals surface area contributed by atoms with E-state index in [1.54, 1.807) is 0 Å². The third-order valence-corrected chi connectivity index (χ3v) is 2.84. The second-order valence-electron chi connectivity index (χ2n) is 4.41. The lowest BCUT2D eigenvalue weighted by Gasteiger charge is -2.13. The fourth-order valence-corrected chi connectivity index (χ4v) is 2.20. The van der Waals surface area contributed by atoms with Crippen LogP contribution in [0.1, 0.15) is 31.3 Å². The SMILES string of the molecule is Cc1cccc2nc(CCO)n(C(C)C)c12. The Morgan fingerprint density at radius 3 is 2.75 bits per heavy atom. The Kier molecular flexibility index (Phi) is 2.97. The van der Waals surface area contributed by atoms with Crippen LogP contribution in [0.25, 0.3) is 11.0 Å². The van der Waals surface area contributed by atoms with E-state index in [1.165, 1.54) is 11.1 Å². The van der Waals surface area contributed by atoms with E-state index in [9.17, 15) is 0 Å². The molecule has 3 nitrogen and oxygen atoms in total. The van der Waals surface area contributed by atoms with Gasteiger partial charge in [-0.3, -0.25) is 0 Å². The molecule has 0 aliphatic rings. The molecule has 0 amide bonds. The smallest absolute Gasteiger partial charge is 0.112 e. The lowest BCUT2D eigenvalue weighted by molar-refractivity contribution is 0.294. The van der Waals surface area contributed by atoms with Gasteiger partial charge in [0.25, 0.3) is 0 Å². The van der Waals surface area contributed by atoms with Crippen LogP contribution >= 0.6 is 0 Å². The summed E-state index contributed by atoms with van der Waals surface area (Å²) in [6.07, 6.45) is 0.617. The van der Waals surface area contributed by atoms with Crippen molar-refractivity contribution in [3.05, 3.63) is 29.6 Å². The van der Waals surface area contributed by atoms with Crippen molar-refractivity contribution < 1.29 is 5.11 Å². The molecular weight excluding hydrogens is 200 g/mol. The van der Waals surface area contributed by atoms with Crippen LogP contribution in [-0.2, 0) is 6.42 Å². The standard InChI is InChI=1S/C13H18N2O/c1-9(2)15-12(7-8-16)14-11-6-4-5-10(3)13(11)15/h4-6,9,16H,7-8H2,1-3H3. The minimum Gasteiger partial charge on any atom is -0.396 e. The van der Waals surface area contributed by atoms with E-state index in [-0.39, 0.29) is 6.61 Å². The van der Waals surface area contributed by atoms with E-state index in [0.29, 0.717) is 12.5 Å². The number of rotatable bonds is 3. The van der Waals surface area contributed by atoms with E-state index >= 15 is 0 Å². The number of benzene rings is 1. The number of aliphatic hydroxyl groups is 1. The second kappa shape index (κ2) is 4.26. The number of aliphatic hydroxyl groups excluding tert-OH is 1. The zero-order valence-electron chi connectivity index (χ0n) is 10.1. The molecule has 16 heavy (non-hydrogen) atoms. The molecule has 2 aromatic rings. The van der Waals surface area contributed by atoms with Crippen LogP contribution in [0.5, 0.6) is 0 Å². The third-order valence-electron chi connectivity index (χ3n) is 2.84. The van der Waals surface area contributed by atoms with Gasteiger partial charge in [0.2, 0.25) is 0 Å². The average molecular weight is 218 g/mol. The van der Waals surface area contributed by atoms with Gasteiger partial charge in [0.15, 0.2) is 0 Å². The predicted molar refractivity (Wildman–Crippen MR) is 65.6 cm³/mol. The average Bonchev–Trinajstić information content (AvgIpc) is 2.58. The van der Waals surface area contributed by atoms with E-state index in [2.05, 4.69) is 36.4 Å². The Bertz CT molecular complexity index is 500. The molecule has 1 aromatic heterocycles. The third kappa shape index (κ3) is 1.71. The Hall–Kier alpha value is -1.35. The molecule has 0 spiro atoms. The zero-order valence-corrected chi connectivity index (χ0v) is 10.1. The summed E-state index contributed by atoms with van der Waals surface area (Å²) in [5.41, 5.74) is 3.46. The number of aromatic nitrogens is 2. The maximum atomic E-state index is 9.07. The Morgan fingerprint density at radius 2 is 2.12 bits per heavy atom. The van der Waals surface area contributed by atoms with Crippen molar-refractivity contribution in [1.29, 1.82) is 0 Å². The molecule has 0 bridgehead atoms. The first kappa shape index (κ1) is 11.1. The topological polar surface area (TPSA) is 38.1 Å². The first-order valence-electron chi connectivity index (χ1n) is 5.72. The van der Waals surface area contributed by atoms with Crippen LogP contribution in [0.4, 0.5) is 0 Å². The molecule has 0 saturated carbocycles. The highest BCUT2D eigenvalue weighted by Gasteiger charge is 2.13. The molecule has 0 aliphatic heterocycles. The van der Waals surface area contributed by atoms with Crippen LogP contribution in [0.3, 0.4) is 0 Å². The van der Waals surface area contributed by atoms with Gasteiger partial charge in [-0.1, -0.05) is 12.1 Å². The molecule has 1 N–H and O–H groups in total. The van der Waals surface area contributed by atoms with Crippen LogP contribution in [0.15, 0.2) is 18.2 Å². The van der Waals surface area contributed by atoms with Gasteiger partial charge in [-0.05, 0) is 32.4 Å². The molecule has 0 atom stereocenters. The van der Waals surface area contributed by atoms with Crippen molar-refractivity contribution in [3.8, 4) is 0 Å². The van der Waals surface area contributed by atoms with Crippen molar-refractivity contribution >= 4 is 11.0 Å². The maximum Gasteiger partial charge on any atom is 0.112 e. The van der Waals surface area contributed by atoms with E-state index in [0.717, 1.165) is 11.3 Å². The summed E-state index contributed by atoms with van der Waals surface area (Å²) in [4.78, 5) is 4.59. The summed E-state index contributed by atoms with van der Waals surface area (Å²) >= 11 is 0. The first-order chi connectivity index (χ1) is 7.65. The predicted octanol–water partition coefficient (Wildman–Crippen LogP) is 2.46. The largest absolute Gasteiger partial charge is 0.396 e. The van der Waals surface area contributed by atoms with Gasteiger partial charge in [-0.25, -0.2) is 4.98 Å². The lowest BCUT2D eigenvalue weighted by atomic mass is 10.2. The van der Waals surface area contributed by atoms with Crippen LogP contribution in [0, 0.1) is 6.92 Å². The van der Waals surface area contributed by atoms with Gasteiger partial charge in [0.05, 0.1) is 17.6 Å². The molecule has 86 valence electrons. The molecule has 0 radical (unpaired) electrons. The van der Waals surface area contributed by atoms with Gasteiger partial charge in [-0.2, -0.15) is 0 Å². The van der Waals surface area contributed by atoms with Gasteiger partial charge < -0.3 is 9.67 Å². The monoisotopic (exact) mass is 218 g/mol. The van der Waals surface area contributed by atoms with Gasteiger partial charge >= 0.3 is 0 Å². The quantitative estimate of drug-likeness (QED) is 0.859. The molecule has 3 heteroatoms. The highest BCUT2D eigenvalue weighted by molar-refractivity contribution is 5.79. The summed E-state index contributed by atoms with van der Waals surface area (Å²) in [5, 5.41) is 9.07. The Labute approximate surface area is 95.7 Å². The molecule has 0 fully saturated rings. The van der Waals surface area contributed by atoms with Crippen molar-refractivity contribution in [2.24, 2.45) is 0 Å². The second-order valence-corrected chi connectivity index (χ2v) is 4.41. The van der Waals surface area contributed by atoms with E-state index in [4.69, 9.17) is 5.11 Å². The summed E-state index contributed by atoms with van der Waals surface area (Å²) in [5.74, 6) is 0.974. The fraction of sp³-hybridized carbons (Fsp3) is 0.462. The molecular formula is C13H18N2O. The highest BCUT2D eigenvalue weighted by atomic mass is 16.3. The molecule has 1 aromatic carbocycles. The van der Waals surface area contributed by atoms with Gasteiger partial charge in [0, 0.05) is 12.5 Å². The Balaban J connectivity index is 2.72. The van der Waals surface area contributed by atoms with Crippen molar-refractivity contribution in [1.82, 2.24) is 9.55 Å². The van der Waals surface area contributed by atoms with E-state index < -0.39 is 0 Å². The molecule has 0 unspecified atom stereocenters. The molecule has 0 saturated heterocycles. The number of para-hydroxylation sites is 1. The molecule has 1 heterocycles. The number of hydrogen-bond donors (Lipinski definition) is 1. The lowest BCUT2D eigenvalue weighted by Crippen LogP contribution is -2.08. The highest BCUT2D eigenvalue weighted by Crippen LogP contribution is 2.24. The normalized spacial score (nSPS) is 11.6. The van der Waals surface area contributed by atoms with Crippen LogP contribution < -0.4 is 0 Å². The number of nitrogens with zero attached hydrogens (tertiary/aromatic N) is 2. The van der Waals surface area contributed by atoms with Gasteiger partial charge in [-0.15, -0.1) is 0 Å². The number of aryl methyl sites for hydroxylation is 1. The summed E-state index contributed by atoms with van der Waals surface area (Å²) in [6.45, 7) is 6.55. The number of imidazole rings is 1. The minimum atomic E-state index is 0.148. The van der Waals surface area contributed by atoms with Crippen LogP contribution in [0.2, 0.25) is 0 Å². The van der Waals surface area contributed by atoms with E-state index in [1.807, 2.05) is 12.1 Å². The first-order valence-corrected chi connectivity index (χ1v) is 5.72. The number of hydrogen-bond acceptors (Lipinski definition) is 2. The van der Waals surface area contributed by atoms with Crippen molar-refractivity contribution in [2.75, 3.05) is 6.61 Å². The summed E-state index contributed by atoms with van der Waals surface area (Å²) in [7, 11) is 0. The Morgan fingerprint density at radius 1 is 1.38 bits per heavy atom. The molecule has 2 rings (SSSR count). The maximum absolute atomic E-state index is 9.07.